The zero-order valence-electron chi connectivity index (χ0n) is 15.6. The third-order valence-electron chi connectivity index (χ3n) is 5.61. The fraction of sp³-hybridized carbons (Fsp3) is 0.889. The van der Waals surface area contributed by atoms with Gasteiger partial charge in [0.1, 0.15) is 5.75 Å². The summed E-state index contributed by atoms with van der Waals surface area (Å²) < 4.78 is 27.2. The lowest BCUT2D eigenvalue weighted by atomic mass is 9.87. The van der Waals surface area contributed by atoms with Crippen LogP contribution in [0.15, 0.2) is 0 Å². The number of hydrogen-bond donors (Lipinski definition) is 3. The van der Waals surface area contributed by atoms with Crippen molar-refractivity contribution < 1.29 is 23.1 Å². The Hall–Kier alpha value is -1.15. The molecule has 0 radical (unpaired) electrons. The van der Waals surface area contributed by atoms with Crippen molar-refractivity contribution in [3.63, 3.8) is 0 Å². The van der Waals surface area contributed by atoms with Crippen LogP contribution >= 0.6 is 0 Å². The lowest BCUT2D eigenvalue weighted by Gasteiger charge is -2.28. The van der Waals surface area contributed by atoms with Gasteiger partial charge in [0.25, 0.3) is 0 Å². The van der Waals surface area contributed by atoms with E-state index in [0.717, 1.165) is 51.4 Å². The second-order valence-electron chi connectivity index (χ2n) is 7.94. The third-order valence-corrected chi connectivity index (χ3v) is 6.95. The lowest BCUT2D eigenvalue weighted by molar-refractivity contribution is -0.143. The standard InChI is InChI=1S/C18H32N2O5S/c1-13-8-10-14(11-9-13)20-26(24,25)12-17(21)19-16-7-5-3-2-4-6-15(16)18(22)23/h13-16,20H,2-12H2,1H3,(H,19,21)(H,22,23). The minimum absolute atomic E-state index is 0.0999. The van der Waals surface area contributed by atoms with E-state index in [1.807, 2.05) is 0 Å². The molecule has 2 unspecified atom stereocenters. The van der Waals surface area contributed by atoms with E-state index in [-0.39, 0.29) is 6.04 Å². The van der Waals surface area contributed by atoms with Gasteiger partial charge in [-0.3, -0.25) is 9.59 Å². The minimum Gasteiger partial charge on any atom is -0.481 e. The van der Waals surface area contributed by atoms with Crippen molar-refractivity contribution in [2.75, 3.05) is 5.75 Å². The Morgan fingerprint density at radius 1 is 0.962 bits per heavy atom. The van der Waals surface area contributed by atoms with E-state index < -0.39 is 39.6 Å². The van der Waals surface area contributed by atoms with Gasteiger partial charge in [-0.25, -0.2) is 13.1 Å². The van der Waals surface area contributed by atoms with Gasteiger partial charge in [-0.2, -0.15) is 0 Å². The largest absolute Gasteiger partial charge is 0.481 e. The van der Waals surface area contributed by atoms with Crippen LogP contribution in [0.4, 0.5) is 0 Å². The maximum absolute atomic E-state index is 12.3. The maximum atomic E-state index is 12.3. The second kappa shape index (κ2) is 9.69. The number of carbonyl (C=O) groups excluding carboxylic acids is 1. The number of sulfonamides is 1. The molecular weight excluding hydrogens is 356 g/mol. The Morgan fingerprint density at radius 3 is 2.19 bits per heavy atom. The van der Waals surface area contributed by atoms with Gasteiger partial charge >= 0.3 is 5.97 Å². The number of aliphatic carboxylic acids is 1. The van der Waals surface area contributed by atoms with E-state index >= 15 is 0 Å². The van der Waals surface area contributed by atoms with Gasteiger partial charge in [0.05, 0.1) is 5.92 Å². The number of amides is 1. The zero-order valence-corrected chi connectivity index (χ0v) is 16.4. The molecule has 26 heavy (non-hydrogen) atoms. The van der Waals surface area contributed by atoms with Crippen molar-refractivity contribution >= 4 is 21.9 Å². The minimum atomic E-state index is -3.71. The molecule has 0 bridgehead atoms. The SMILES string of the molecule is CC1CCC(NS(=O)(=O)CC(=O)NC2CCCCCCC2C(=O)O)CC1. The van der Waals surface area contributed by atoms with Crippen molar-refractivity contribution in [3.8, 4) is 0 Å². The van der Waals surface area contributed by atoms with Crippen LogP contribution in [0.2, 0.25) is 0 Å². The molecule has 2 rings (SSSR count). The number of carboxylic acids is 1. The number of hydrogen-bond acceptors (Lipinski definition) is 4. The lowest BCUT2D eigenvalue weighted by Crippen LogP contribution is -2.48. The van der Waals surface area contributed by atoms with Crippen LogP contribution < -0.4 is 10.0 Å². The highest BCUT2D eigenvalue weighted by molar-refractivity contribution is 7.90. The first-order valence-electron chi connectivity index (χ1n) is 9.79. The van der Waals surface area contributed by atoms with Crippen LogP contribution in [0.1, 0.15) is 71.1 Å². The van der Waals surface area contributed by atoms with E-state index in [4.69, 9.17) is 0 Å². The van der Waals surface area contributed by atoms with Gasteiger partial charge in [0, 0.05) is 12.1 Å². The van der Waals surface area contributed by atoms with Gasteiger partial charge in [-0.15, -0.1) is 0 Å². The Labute approximate surface area is 156 Å². The quantitative estimate of drug-likeness (QED) is 0.644. The van der Waals surface area contributed by atoms with Crippen molar-refractivity contribution in [3.05, 3.63) is 0 Å². The zero-order chi connectivity index (χ0) is 19.2. The molecule has 2 atom stereocenters. The molecule has 7 nitrogen and oxygen atoms in total. The van der Waals surface area contributed by atoms with Gasteiger partial charge in [-0.1, -0.05) is 32.6 Å². The highest BCUT2D eigenvalue weighted by Gasteiger charge is 2.31. The van der Waals surface area contributed by atoms with E-state index in [2.05, 4.69) is 17.0 Å². The summed E-state index contributed by atoms with van der Waals surface area (Å²) in [6.45, 7) is 2.16. The van der Waals surface area contributed by atoms with Gasteiger partial charge in [0.2, 0.25) is 15.9 Å². The normalized spacial score (nSPS) is 30.8. The predicted octanol–water partition coefficient (Wildman–Crippen LogP) is 2.02. The Bertz CT molecular complexity index is 584. The van der Waals surface area contributed by atoms with E-state index in [9.17, 15) is 23.1 Å². The van der Waals surface area contributed by atoms with Gasteiger partial charge < -0.3 is 10.4 Å². The van der Waals surface area contributed by atoms with Crippen LogP contribution in [0.25, 0.3) is 0 Å². The molecule has 0 aromatic heterocycles. The highest BCUT2D eigenvalue weighted by Crippen LogP contribution is 2.24. The number of rotatable bonds is 6. The summed E-state index contributed by atoms with van der Waals surface area (Å²) in [5.41, 5.74) is 0. The molecule has 0 aliphatic heterocycles. The van der Waals surface area contributed by atoms with Crippen molar-refractivity contribution in [1.29, 1.82) is 0 Å². The smallest absolute Gasteiger partial charge is 0.308 e. The highest BCUT2D eigenvalue weighted by atomic mass is 32.2. The molecule has 2 aliphatic carbocycles. The molecule has 0 spiro atoms. The molecular formula is C18H32N2O5S. The van der Waals surface area contributed by atoms with Crippen LogP contribution in [-0.2, 0) is 19.6 Å². The Balaban J connectivity index is 1.89. The average molecular weight is 389 g/mol. The van der Waals surface area contributed by atoms with Gasteiger partial charge in [-0.05, 0) is 44.4 Å². The van der Waals surface area contributed by atoms with Crippen LogP contribution in [0, 0.1) is 11.8 Å². The van der Waals surface area contributed by atoms with Crippen molar-refractivity contribution in [1.82, 2.24) is 10.0 Å². The second-order valence-corrected chi connectivity index (χ2v) is 9.70. The molecule has 2 saturated carbocycles. The van der Waals surface area contributed by atoms with Crippen LogP contribution in [-0.4, -0.2) is 43.2 Å². The summed E-state index contributed by atoms with van der Waals surface area (Å²) in [6.07, 6.45) is 8.36. The molecule has 1 amide bonds. The van der Waals surface area contributed by atoms with Crippen LogP contribution in [0.3, 0.4) is 0 Å². The molecule has 0 heterocycles. The van der Waals surface area contributed by atoms with Crippen LogP contribution in [0.5, 0.6) is 0 Å². The third kappa shape index (κ3) is 6.87. The number of carbonyl (C=O) groups is 2. The summed E-state index contributed by atoms with van der Waals surface area (Å²) in [7, 11) is -3.71. The van der Waals surface area contributed by atoms with E-state index in [1.165, 1.54) is 0 Å². The first kappa shape index (κ1) is 21.2. The summed E-state index contributed by atoms with van der Waals surface area (Å²) in [5, 5.41) is 12.1. The molecule has 2 aliphatic rings. The topological polar surface area (TPSA) is 113 Å². The van der Waals surface area contributed by atoms with E-state index in [0.29, 0.717) is 18.8 Å². The van der Waals surface area contributed by atoms with Gasteiger partial charge in [0.15, 0.2) is 0 Å². The number of nitrogens with one attached hydrogen (secondary N) is 2. The Morgan fingerprint density at radius 2 is 1.58 bits per heavy atom. The summed E-state index contributed by atoms with van der Waals surface area (Å²) in [6, 6.07) is -0.594. The molecule has 0 aromatic carbocycles. The Kier molecular flexibility index (Phi) is 7.88. The molecule has 150 valence electrons. The van der Waals surface area contributed by atoms with E-state index in [1.54, 1.807) is 0 Å². The average Bonchev–Trinajstić information content (AvgIpc) is 2.51. The summed E-state index contributed by atoms with van der Waals surface area (Å²) in [4.78, 5) is 23.8. The van der Waals surface area contributed by atoms with Crippen molar-refractivity contribution in [2.24, 2.45) is 11.8 Å². The maximum Gasteiger partial charge on any atom is 0.308 e. The first-order valence-corrected chi connectivity index (χ1v) is 11.4. The van der Waals surface area contributed by atoms with Crippen molar-refractivity contribution in [2.45, 2.75) is 83.2 Å². The molecule has 0 aromatic rings. The summed E-state index contributed by atoms with van der Waals surface area (Å²) in [5.74, 6) is -2.20. The fourth-order valence-electron chi connectivity index (χ4n) is 4.05. The summed E-state index contributed by atoms with van der Waals surface area (Å²) >= 11 is 0. The number of carboxylic acid groups (broad SMARTS) is 1. The monoisotopic (exact) mass is 388 g/mol. The fourth-order valence-corrected chi connectivity index (χ4v) is 5.30. The first-order chi connectivity index (χ1) is 12.3. The predicted molar refractivity (Wildman–Crippen MR) is 99.1 cm³/mol. The molecule has 8 heteroatoms. The molecule has 0 saturated heterocycles. The molecule has 3 N–H and O–H groups in total. The molecule has 2 fully saturated rings.